The van der Waals surface area contributed by atoms with Gasteiger partial charge in [0.2, 0.25) is 0 Å². The van der Waals surface area contributed by atoms with Crippen LogP contribution < -0.4 is 5.32 Å². The standard InChI is InChI=1S/C7H8O3S.C6H13NO/c1-6-2-4-7(5-3-6)11(8,9)10;1-5-4-8-6(2)3-7-5/h2-5H,1H3,(H,8,9,10);5-7H,3-4H2,1-2H3/t;5-,6-/m.0/s1. The summed E-state index contributed by atoms with van der Waals surface area (Å²) >= 11 is 0. The number of benzene rings is 1. The quantitative estimate of drug-likeness (QED) is 0.768. The third kappa shape index (κ3) is 6.15. The molecule has 5 nitrogen and oxygen atoms in total. The van der Waals surface area contributed by atoms with Gasteiger partial charge >= 0.3 is 0 Å². The van der Waals surface area contributed by atoms with Crippen molar-refractivity contribution in [2.75, 3.05) is 13.2 Å². The molecule has 1 aromatic carbocycles. The molecule has 1 aliphatic rings. The van der Waals surface area contributed by atoms with Crippen molar-refractivity contribution < 1.29 is 17.7 Å². The van der Waals surface area contributed by atoms with Crippen LogP contribution in [0.4, 0.5) is 0 Å². The van der Waals surface area contributed by atoms with E-state index in [1.807, 2.05) is 6.92 Å². The van der Waals surface area contributed by atoms with Gasteiger partial charge in [-0.2, -0.15) is 8.42 Å². The summed E-state index contributed by atoms with van der Waals surface area (Å²) in [5, 5.41) is 3.31. The lowest BCUT2D eigenvalue weighted by atomic mass is 10.2. The van der Waals surface area contributed by atoms with E-state index in [0.29, 0.717) is 12.1 Å². The van der Waals surface area contributed by atoms with Crippen LogP contribution in [0.15, 0.2) is 29.2 Å². The lowest BCUT2D eigenvalue weighted by Gasteiger charge is -2.25. The molecule has 1 aromatic rings. The molecule has 1 aliphatic heterocycles. The van der Waals surface area contributed by atoms with E-state index in [4.69, 9.17) is 9.29 Å². The number of morpholine rings is 1. The van der Waals surface area contributed by atoms with Gasteiger partial charge in [-0.3, -0.25) is 4.55 Å². The van der Waals surface area contributed by atoms with Crippen molar-refractivity contribution >= 4 is 10.1 Å². The minimum atomic E-state index is -4.02. The van der Waals surface area contributed by atoms with Gasteiger partial charge in [0.1, 0.15) is 0 Å². The summed E-state index contributed by atoms with van der Waals surface area (Å²) in [6, 6.07) is 6.54. The summed E-state index contributed by atoms with van der Waals surface area (Å²) in [4.78, 5) is -0.0666. The summed E-state index contributed by atoms with van der Waals surface area (Å²) in [6.45, 7) is 7.92. The third-order valence-corrected chi connectivity index (χ3v) is 3.57. The van der Waals surface area contributed by atoms with Crippen molar-refractivity contribution in [3.63, 3.8) is 0 Å². The van der Waals surface area contributed by atoms with E-state index in [-0.39, 0.29) is 4.90 Å². The van der Waals surface area contributed by atoms with Gasteiger partial charge in [-0.15, -0.1) is 0 Å². The van der Waals surface area contributed by atoms with Gasteiger partial charge in [-0.1, -0.05) is 17.7 Å². The van der Waals surface area contributed by atoms with Crippen LogP contribution in [0, 0.1) is 6.92 Å². The van der Waals surface area contributed by atoms with E-state index in [1.54, 1.807) is 12.1 Å². The maximum atomic E-state index is 10.5. The number of nitrogens with one attached hydrogen (secondary N) is 1. The predicted octanol–water partition coefficient (Wildman–Crippen LogP) is 1.62. The summed E-state index contributed by atoms with van der Waals surface area (Å²) in [5.74, 6) is 0. The maximum Gasteiger partial charge on any atom is 0.294 e. The highest BCUT2D eigenvalue weighted by molar-refractivity contribution is 7.85. The summed E-state index contributed by atoms with van der Waals surface area (Å²) in [7, 11) is -4.02. The van der Waals surface area contributed by atoms with E-state index in [9.17, 15) is 8.42 Å². The highest BCUT2D eigenvalue weighted by atomic mass is 32.2. The first-order valence-corrected chi connectivity index (χ1v) is 7.62. The van der Waals surface area contributed by atoms with Crippen LogP contribution in [0.5, 0.6) is 0 Å². The fourth-order valence-corrected chi connectivity index (χ4v) is 1.98. The van der Waals surface area contributed by atoms with Gasteiger partial charge in [-0.25, -0.2) is 0 Å². The first kappa shape index (κ1) is 16.1. The Morgan fingerprint density at radius 3 is 2.21 bits per heavy atom. The molecule has 0 spiro atoms. The molecular formula is C13H21NO4S. The predicted molar refractivity (Wildman–Crippen MR) is 73.9 cm³/mol. The molecule has 108 valence electrons. The Labute approximate surface area is 114 Å². The van der Waals surface area contributed by atoms with Gasteiger partial charge in [0.15, 0.2) is 0 Å². The normalized spacial score (nSPS) is 23.4. The van der Waals surface area contributed by atoms with Gasteiger partial charge < -0.3 is 10.1 Å². The molecule has 0 saturated carbocycles. The Morgan fingerprint density at radius 2 is 1.84 bits per heavy atom. The molecule has 0 aromatic heterocycles. The van der Waals surface area contributed by atoms with Crippen LogP contribution in [-0.2, 0) is 14.9 Å². The first-order chi connectivity index (χ1) is 8.79. The molecule has 1 saturated heterocycles. The number of aryl methyl sites for hydroxylation is 1. The molecule has 0 amide bonds. The van der Waals surface area contributed by atoms with E-state index in [1.165, 1.54) is 12.1 Å². The molecule has 0 radical (unpaired) electrons. The summed E-state index contributed by atoms with van der Waals surface area (Å²) in [5.41, 5.74) is 0.956. The van der Waals surface area contributed by atoms with Crippen LogP contribution in [0.1, 0.15) is 19.4 Å². The van der Waals surface area contributed by atoms with Crippen molar-refractivity contribution in [3.8, 4) is 0 Å². The zero-order valence-electron chi connectivity index (χ0n) is 11.5. The second-order valence-corrected chi connectivity index (χ2v) is 6.16. The third-order valence-electron chi connectivity index (χ3n) is 2.70. The summed E-state index contributed by atoms with van der Waals surface area (Å²) < 4.78 is 34.9. The molecule has 1 heterocycles. The number of ether oxygens (including phenoxy) is 1. The first-order valence-electron chi connectivity index (χ1n) is 6.18. The van der Waals surface area contributed by atoms with Crippen LogP contribution in [0.3, 0.4) is 0 Å². The Balaban J connectivity index is 0.000000200. The number of hydrogen-bond donors (Lipinski definition) is 2. The van der Waals surface area contributed by atoms with E-state index in [0.717, 1.165) is 18.7 Å². The average Bonchev–Trinajstić information content (AvgIpc) is 2.33. The highest BCUT2D eigenvalue weighted by Crippen LogP contribution is 2.08. The average molecular weight is 287 g/mol. The number of hydrogen-bond acceptors (Lipinski definition) is 4. The van der Waals surface area contributed by atoms with E-state index < -0.39 is 10.1 Å². The number of rotatable bonds is 1. The van der Waals surface area contributed by atoms with Gasteiger partial charge in [0.25, 0.3) is 10.1 Å². The molecular weight excluding hydrogens is 266 g/mol. The minimum absolute atomic E-state index is 0.0666. The fourth-order valence-electron chi connectivity index (χ4n) is 1.50. The highest BCUT2D eigenvalue weighted by Gasteiger charge is 2.12. The van der Waals surface area contributed by atoms with Crippen molar-refractivity contribution in [3.05, 3.63) is 29.8 Å². The Morgan fingerprint density at radius 1 is 1.26 bits per heavy atom. The molecule has 1 fully saturated rings. The van der Waals surface area contributed by atoms with Crippen LogP contribution in [-0.4, -0.2) is 38.3 Å². The smallest absolute Gasteiger partial charge is 0.294 e. The zero-order chi connectivity index (χ0) is 14.5. The Bertz CT molecular complexity index is 466. The molecule has 0 bridgehead atoms. The van der Waals surface area contributed by atoms with Crippen LogP contribution in [0.2, 0.25) is 0 Å². The van der Waals surface area contributed by atoms with Gasteiger partial charge in [-0.05, 0) is 32.9 Å². The van der Waals surface area contributed by atoms with Crippen molar-refractivity contribution in [1.82, 2.24) is 5.32 Å². The van der Waals surface area contributed by atoms with Gasteiger partial charge in [0.05, 0.1) is 17.6 Å². The second-order valence-electron chi connectivity index (χ2n) is 4.74. The minimum Gasteiger partial charge on any atom is -0.376 e. The Hall–Kier alpha value is -0.950. The SMILES string of the molecule is C[C@H]1CO[C@@H](C)CN1.Cc1ccc(S(=O)(=O)O)cc1. The van der Waals surface area contributed by atoms with Crippen molar-refractivity contribution in [2.45, 2.75) is 37.8 Å². The second kappa shape index (κ2) is 7.00. The molecule has 0 unspecified atom stereocenters. The van der Waals surface area contributed by atoms with Crippen LogP contribution >= 0.6 is 0 Å². The van der Waals surface area contributed by atoms with Gasteiger partial charge in [0, 0.05) is 12.6 Å². The monoisotopic (exact) mass is 287 g/mol. The zero-order valence-corrected chi connectivity index (χ0v) is 12.3. The largest absolute Gasteiger partial charge is 0.376 e. The lowest BCUT2D eigenvalue weighted by Crippen LogP contribution is -2.43. The Kier molecular flexibility index (Phi) is 5.93. The van der Waals surface area contributed by atoms with Crippen LogP contribution in [0.25, 0.3) is 0 Å². The van der Waals surface area contributed by atoms with Crippen molar-refractivity contribution in [1.29, 1.82) is 0 Å². The topological polar surface area (TPSA) is 75.6 Å². The molecule has 6 heteroatoms. The summed E-state index contributed by atoms with van der Waals surface area (Å²) in [6.07, 6.45) is 0.409. The lowest BCUT2D eigenvalue weighted by molar-refractivity contribution is 0.0196. The molecule has 0 aliphatic carbocycles. The fraction of sp³-hybridized carbons (Fsp3) is 0.538. The molecule has 2 N–H and O–H groups in total. The van der Waals surface area contributed by atoms with Crippen molar-refractivity contribution in [2.24, 2.45) is 0 Å². The molecule has 2 atom stereocenters. The van der Waals surface area contributed by atoms with E-state index >= 15 is 0 Å². The molecule has 19 heavy (non-hydrogen) atoms. The van der Waals surface area contributed by atoms with E-state index in [2.05, 4.69) is 19.2 Å². The maximum absolute atomic E-state index is 10.5. The molecule has 2 rings (SSSR count).